The van der Waals surface area contributed by atoms with Crippen molar-refractivity contribution in [1.82, 2.24) is 0 Å². The van der Waals surface area contributed by atoms with Crippen molar-refractivity contribution >= 4 is 39.5 Å². The first-order chi connectivity index (χ1) is 39.8. The number of esters is 4. The second-order valence-electron chi connectivity index (χ2n) is 24.3. The van der Waals surface area contributed by atoms with Crippen LogP contribution in [0.15, 0.2) is 0 Å². The number of aliphatic hydroxyl groups is 1. The highest BCUT2D eigenvalue weighted by Gasteiger charge is 2.30. The molecule has 0 aromatic rings. The maximum atomic E-state index is 13.0. The topological polar surface area (TPSA) is 237 Å². The third-order valence-corrected chi connectivity index (χ3v) is 16.9. The highest BCUT2D eigenvalue weighted by molar-refractivity contribution is 7.47. The first-order valence-electron chi connectivity index (χ1n) is 33.4. The number of unbranched alkanes of at least 4 members (excludes halogenated alkanes) is 29. The lowest BCUT2D eigenvalue weighted by molar-refractivity contribution is -0.161. The molecular formula is C64H124O17P2. The van der Waals surface area contributed by atoms with E-state index in [0.717, 1.165) is 108 Å². The van der Waals surface area contributed by atoms with Crippen LogP contribution in [0.25, 0.3) is 0 Å². The lowest BCUT2D eigenvalue weighted by atomic mass is 10.00. The highest BCUT2D eigenvalue weighted by atomic mass is 31.2. The Hall–Kier alpha value is -1.94. The zero-order valence-corrected chi connectivity index (χ0v) is 55.4. The molecule has 0 spiro atoms. The number of aliphatic hydroxyl groups excluding tert-OH is 1. The standard InChI is InChI=1S/C64H124O17P2/c1-8-10-11-12-13-14-15-16-17-18-23-33-40-47-63(68)80-59(51-74-61(66)45-38-31-22-20-19-21-28-35-42-55(3)4)53-78-82(70,71)76-49-58(65)50-77-83(72,73)79-54-60(52-75-62(67)46-39-32-26-24-29-36-43-56(5)6)81-64(69)48-41-34-27-25-30-37-44-57(7)9-2/h55-60,65H,8-54H2,1-7H3,(H,70,71)(H,72,73)/t57?,58-,59-,60-/m1/s1. The molecule has 0 radical (unpaired) electrons. The molecule has 0 aromatic heterocycles. The van der Waals surface area contributed by atoms with Crippen LogP contribution in [0.1, 0.15) is 312 Å². The summed E-state index contributed by atoms with van der Waals surface area (Å²) in [6.45, 7) is 11.6. The highest BCUT2D eigenvalue weighted by Crippen LogP contribution is 2.45. The van der Waals surface area contributed by atoms with Crippen LogP contribution in [0.4, 0.5) is 0 Å². The first-order valence-corrected chi connectivity index (χ1v) is 36.4. The summed E-state index contributed by atoms with van der Waals surface area (Å²) >= 11 is 0. The van der Waals surface area contributed by atoms with Crippen LogP contribution in [-0.4, -0.2) is 96.7 Å². The second kappa shape index (κ2) is 55.4. The van der Waals surface area contributed by atoms with Gasteiger partial charge in [-0.05, 0) is 43.4 Å². The van der Waals surface area contributed by atoms with Crippen molar-refractivity contribution in [2.24, 2.45) is 17.8 Å². The summed E-state index contributed by atoms with van der Waals surface area (Å²) in [5.41, 5.74) is 0. The van der Waals surface area contributed by atoms with E-state index in [1.807, 2.05) is 0 Å². The van der Waals surface area contributed by atoms with E-state index in [9.17, 15) is 43.2 Å². The Morgan fingerprint density at radius 1 is 0.349 bits per heavy atom. The van der Waals surface area contributed by atoms with Crippen LogP contribution in [0.3, 0.4) is 0 Å². The van der Waals surface area contributed by atoms with Gasteiger partial charge in [-0.2, -0.15) is 0 Å². The monoisotopic (exact) mass is 1230 g/mol. The summed E-state index contributed by atoms with van der Waals surface area (Å²) in [5, 5.41) is 10.5. The summed E-state index contributed by atoms with van der Waals surface area (Å²) in [6, 6.07) is 0. The van der Waals surface area contributed by atoms with Crippen molar-refractivity contribution in [3.63, 3.8) is 0 Å². The zero-order valence-electron chi connectivity index (χ0n) is 53.6. The molecule has 6 atom stereocenters. The SMILES string of the molecule is CCCCCCCCCCCCCCCC(=O)O[C@H](COC(=O)CCCCCCCCCCC(C)C)COP(=O)(O)OC[C@@H](O)COP(=O)(O)OC[C@@H](COC(=O)CCCCCCCCC(C)C)OC(=O)CCCCCCCCC(C)CC. The van der Waals surface area contributed by atoms with Crippen LogP contribution in [0, 0.1) is 17.8 Å². The zero-order chi connectivity index (χ0) is 61.7. The van der Waals surface area contributed by atoms with E-state index < -0.39 is 97.5 Å². The van der Waals surface area contributed by atoms with Crippen molar-refractivity contribution < 1.29 is 80.2 Å². The molecule has 0 saturated carbocycles. The Balaban J connectivity index is 5.25. The molecule has 0 aliphatic rings. The summed E-state index contributed by atoms with van der Waals surface area (Å²) in [6.07, 6.45) is 36.4. The van der Waals surface area contributed by atoms with E-state index in [1.54, 1.807) is 0 Å². The molecule has 0 heterocycles. The van der Waals surface area contributed by atoms with E-state index in [4.69, 9.17) is 37.0 Å². The second-order valence-corrected chi connectivity index (χ2v) is 27.3. The lowest BCUT2D eigenvalue weighted by Crippen LogP contribution is -2.30. The minimum Gasteiger partial charge on any atom is -0.462 e. The van der Waals surface area contributed by atoms with E-state index in [-0.39, 0.29) is 25.7 Å². The Morgan fingerprint density at radius 2 is 0.614 bits per heavy atom. The Kier molecular flexibility index (Phi) is 54.1. The average molecular weight is 1230 g/mol. The minimum atomic E-state index is -4.94. The molecular weight excluding hydrogens is 1100 g/mol. The van der Waals surface area contributed by atoms with Gasteiger partial charge in [0.25, 0.3) is 0 Å². The number of phosphoric acid groups is 2. The predicted molar refractivity (Wildman–Crippen MR) is 331 cm³/mol. The lowest BCUT2D eigenvalue weighted by Gasteiger charge is -2.21. The Bertz CT molecular complexity index is 1650. The minimum absolute atomic E-state index is 0.102. The number of rotatable bonds is 62. The fourth-order valence-electron chi connectivity index (χ4n) is 9.45. The van der Waals surface area contributed by atoms with Gasteiger partial charge < -0.3 is 33.8 Å². The third-order valence-electron chi connectivity index (χ3n) is 15.0. The summed E-state index contributed by atoms with van der Waals surface area (Å²) < 4.78 is 68.0. The number of carbonyl (C=O) groups is 4. The molecule has 0 aromatic carbocycles. The van der Waals surface area contributed by atoms with Crippen LogP contribution >= 0.6 is 15.6 Å². The smallest absolute Gasteiger partial charge is 0.462 e. The van der Waals surface area contributed by atoms with Gasteiger partial charge in [0.05, 0.1) is 26.4 Å². The van der Waals surface area contributed by atoms with Gasteiger partial charge in [0.2, 0.25) is 0 Å². The van der Waals surface area contributed by atoms with E-state index >= 15 is 0 Å². The number of hydrogen-bond acceptors (Lipinski definition) is 15. The van der Waals surface area contributed by atoms with Gasteiger partial charge in [-0.3, -0.25) is 37.3 Å². The molecule has 19 heteroatoms. The van der Waals surface area contributed by atoms with E-state index in [1.165, 1.54) is 116 Å². The van der Waals surface area contributed by atoms with Gasteiger partial charge in [0.1, 0.15) is 19.3 Å². The summed E-state index contributed by atoms with van der Waals surface area (Å²) in [4.78, 5) is 72.2. The molecule has 17 nitrogen and oxygen atoms in total. The number of phosphoric ester groups is 2. The maximum Gasteiger partial charge on any atom is 0.472 e. The molecule has 0 rings (SSSR count). The third kappa shape index (κ3) is 57.6. The molecule has 3 N–H and O–H groups in total. The van der Waals surface area contributed by atoms with E-state index in [2.05, 4.69) is 48.5 Å². The van der Waals surface area contributed by atoms with Crippen molar-refractivity contribution in [2.45, 2.75) is 330 Å². The number of ether oxygens (including phenoxy) is 4. The number of hydrogen-bond donors (Lipinski definition) is 3. The molecule has 0 fully saturated rings. The fourth-order valence-corrected chi connectivity index (χ4v) is 11.0. The Morgan fingerprint density at radius 3 is 0.916 bits per heavy atom. The quantitative estimate of drug-likeness (QED) is 0.0222. The number of carbonyl (C=O) groups excluding carboxylic acids is 4. The van der Waals surface area contributed by atoms with Gasteiger partial charge in [0.15, 0.2) is 12.2 Å². The van der Waals surface area contributed by atoms with Gasteiger partial charge in [-0.15, -0.1) is 0 Å². The molecule has 0 amide bonds. The molecule has 0 saturated heterocycles. The molecule has 492 valence electrons. The van der Waals surface area contributed by atoms with Gasteiger partial charge >= 0.3 is 39.5 Å². The molecule has 83 heavy (non-hydrogen) atoms. The van der Waals surface area contributed by atoms with Crippen LogP contribution in [0.2, 0.25) is 0 Å². The fraction of sp³-hybridized carbons (Fsp3) is 0.938. The maximum absolute atomic E-state index is 13.0. The van der Waals surface area contributed by atoms with Crippen molar-refractivity contribution in [3.8, 4) is 0 Å². The average Bonchev–Trinajstić information content (AvgIpc) is 3.46. The van der Waals surface area contributed by atoms with Gasteiger partial charge in [0, 0.05) is 25.7 Å². The van der Waals surface area contributed by atoms with Crippen molar-refractivity contribution in [3.05, 3.63) is 0 Å². The van der Waals surface area contributed by atoms with Crippen molar-refractivity contribution in [1.29, 1.82) is 0 Å². The molecule has 0 aliphatic carbocycles. The summed E-state index contributed by atoms with van der Waals surface area (Å²) in [5.74, 6) is -0.0132. The van der Waals surface area contributed by atoms with Crippen molar-refractivity contribution in [2.75, 3.05) is 39.6 Å². The van der Waals surface area contributed by atoms with Crippen LogP contribution in [-0.2, 0) is 65.4 Å². The molecule has 0 aliphatic heterocycles. The largest absolute Gasteiger partial charge is 0.472 e. The predicted octanol–water partition coefficient (Wildman–Crippen LogP) is 17.5. The van der Waals surface area contributed by atoms with Crippen LogP contribution < -0.4 is 0 Å². The Labute approximate surface area is 505 Å². The van der Waals surface area contributed by atoms with E-state index in [0.29, 0.717) is 31.6 Å². The molecule has 3 unspecified atom stereocenters. The normalized spacial score (nSPS) is 14.7. The van der Waals surface area contributed by atoms with Gasteiger partial charge in [-0.1, -0.05) is 260 Å². The van der Waals surface area contributed by atoms with Crippen LogP contribution in [0.5, 0.6) is 0 Å². The summed E-state index contributed by atoms with van der Waals surface area (Å²) in [7, 11) is -9.89. The van der Waals surface area contributed by atoms with Gasteiger partial charge in [-0.25, -0.2) is 9.13 Å². The molecule has 0 bridgehead atoms. The first kappa shape index (κ1) is 81.1.